The largest absolute Gasteiger partial charge is 0.493 e. The van der Waals surface area contributed by atoms with Crippen LogP contribution in [0.3, 0.4) is 0 Å². The Kier molecular flexibility index (Phi) is 6.66. The number of carbonyl (C=O) groups is 2. The lowest BCUT2D eigenvalue weighted by atomic mass is 10.1. The molecule has 0 bridgehead atoms. The number of amides is 2. The number of benzene rings is 3. The van der Waals surface area contributed by atoms with Crippen LogP contribution < -0.4 is 20.1 Å². The van der Waals surface area contributed by atoms with Crippen LogP contribution in [0.5, 0.6) is 11.5 Å². The predicted octanol–water partition coefficient (Wildman–Crippen LogP) is 5.33. The van der Waals surface area contributed by atoms with Gasteiger partial charge in [0.2, 0.25) is 0 Å². The minimum Gasteiger partial charge on any atom is -0.493 e. The summed E-state index contributed by atoms with van der Waals surface area (Å²) in [4.78, 5) is 29.4. The lowest BCUT2D eigenvalue weighted by Gasteiger charge is -2.08. The van der Waals surface area contributed by atoms with Crippen LogP contribution >= 0.6 is 11.3 Å². The predicted molar refractivity (Wildman–Crippen MR) is 129 cm³/mol. The number of ether oxygens (including phenoxy) is 2. The molecular weight excluding hydrogens is 438 g/mol. The van der Waals surface area contributed by atoms with Gasteiger partial charge in [0.05, 0.1) is 19.9 Å². The summed E-state index contributed by atoms with van der Waals surface area (Å²) in [5.41, 5.74) is 3.19. The number of aromatic nitrogens is 1. The van der Waals surface area contributed by atoms with E-state index in [0.29, 0.717) is 33.4 Å². The van der Waals surface area contributed by atoms with E-state index < -0.39 is 0 Å². The van der Waals surface area contributed by atoms with Crippen LogP contribution in [-0.2, 0) is 0 Å². The Morgan fingerprint density at radius 1 is 0.788 bits per heavy atom. The van der Waals surface area contributed by atoms with E-state index in [2.05, 4.69) is 15.6 Å². The molecule has 0 fully saturated rings. The lowest BCUT2D eigenvalue weighted by Crippen LogP contribution is -2.13. The zero-order valence-electron chi connectivity index (χ0n) is 18.0. The van der Waals surface area contributed by atoms with Gasteiger partial charge in [-0.2, -0.15) is 0 Å². The van der Waals surface area contributed by atoms with Crippen LogP contribution in [0.4, 0.5) is 10.8 Å². The molecule has 0 saturated carbocycles. The van der Waals surface area contributed by atoms with Crippen molar-refractivity contribution in [1.82, 2.24) is 4.98 Å². The van der Waals surface area contributed by atoms with Gasteiger partial charge < -0.3 is 14.8 Å². The minimum absolute atomic E-state index is 0.210. The second-order valence-corrected chi connectivity index (χ2v) is 7.82. The first-order chi connectivity index (χ1) is 16.1. The summed E-state index contributed by atoms with van der Waals surface area (Å²) in [5.74, 6) is 0.740. The molecule has 0 aliphatic heterocycles. The van der Waals surface area contributed by atoms with Gasteiger partial charge in [0.25, 0.3) is 11.8 Å². The second kappa shape index (κ2) is 9.97. The summed E-state index contributed by atoms with van der Waals surface area (Å²) in [6, 6.07) is 21.1. The summed E-state index contributed by atoms with van der Waals surface area (Å²) < 4.78 is 10.6. The fourth-order valence-electron chi connectivity index (χ4n) is 3.13. The first-order valence-corrected chi connectivity index (χ1v) is 10.9. The quantitative estimate of drug-likeness (QED) is 0.390. The molecule has 4 rings (SSSR count). The molecule has 0 spiro atoms. The zero-order valence-corrected chi connectivity index (χ0v) is 18.8. The maximum atomic E-state index is 12.6. The van der Waals surface area contributed by atoms with E-state index in [4.69, 9.17) is 9.47 Å². The summed E-state index contributed by atoms with van der Waals surface area (Å²) in [6.45, 7) is 0. The SMILES string of the molecule is COc1ccc(-c2csc(NC(=O)c3ccc(NC(=O)c4ccccc4)cc3)n2)cc1OC. The number of thiazole rings is 1. The van der Waals surface area contributed by atoms with E-state index >= 15 is 0 Å². The second-order valence-electron chi connectivity index (χ2n) is 6.96. The number of carbonyl (C=O) groups excluding carboxylic acids is 2. The molecule has 2 N–H and O–H groups in total. The van der Waals surface area contributed by atoms with Crippen molar-refractivity contribution in [2.45, 2.75) is 0 Å². The van der Waals surface area contributed by atoms with Gasteiger partial charge in [-0.25, -0.2) is 4.98 Å². The highest BCUT2D eigenvalue weighted by atomic mass is 32.1. The third kappa shape index (κ3) is 5.19. The average molecular weight is 460 g/mol. The molecule has 0 unspecified atom stereocenters. The molecule has 0 aliphatic carbocycles. The Hall–Kier alpha value is -4.17. The third-order valence-corrected chi connectivity index (χ3v) is 5.60. The normalized spacial score (nSPS) is 10.4. The standard InChI is InChI=1S/C25H21N3O4S/c1-31-21-13-10-18(14-22(21)32-2)20-15-33-25(27-20)28-24(30)17-8-11-19(12-9-17)26-23(29)16-6-4-3-5-7-16/h3-15H,1-2H3,(H,26,29)(H,27,28,30). The number of methoxy groups -OCH3 is 2. The fourth-order valence-corrected chi connectivity index (χ4v) is 3.84. The molecule has 8 heteroatoms. The number of rotatable bonds is 7. The van der Waals surface area contributed by atoms with Gasteiger partial charge >= 0.3 is 0 Å². The molecule has 0 radical (unpaired) electrons. The lowest BCUT2D eigenvalue weighted by molar-refractivity contribution is 0.102. The number of hydrogen-bond donors (Lipinski definition) is 2. The molecule has 1 heterocycles. The molecule has 33 heavy (non-hydrogen) atoms. The van der Waals surface area contributed by atoms with Gasteiger partial charge in [-0.05, 0) is 54.6 Å². The van der Waals surface area contributed by atoms with Crippen molar-refractivity contribution in [3.8, 4) is 22.8 Å². The van der Waals surface area contributed by atoms with Gasteiger partial charge in [0.15, 0.2) is 16.6 Å². The topological polar surface area (TPSA) is 89.6 Å². The first kappa shape index (κ1) is 22.0. The number of hydrogen-bond acceptors (Lipinski definition) is 6. The molecule has 2 amide bonds. The summed E-state index contributed by atoms with van der Waals surface area (Å²) in [7, 11) is 3.16. The van der Waals surface area contributed by atoms with E-state index in [1.165, 1.54) is 11.3 Å². The molecule has 1 aromatic heterocycles. The third-order valence-electron chi connectivity index (χ3n) is 4.84. The Morgan fingerprint density at radius 2 is 1.45 bits per heavy atom. The summed E-state index contributed by atoms with van der Waals surface area (Å²) in [6.07, 6.45) is 0. The van der Waals surface area contributed by atoms with Crippen LogP contribution in [0.25, 0.3) is 11.3 Å². The molecule has 7 nitrogen and oxygen atoms in total. The van der Waals surface area contributed by atoms with Crippen molar-refractivity contribution in [3.05, 3.63) is 89.3 Å². The average Bonchev–Trinajstić information content (AvgIpc) is 3.33. The highest BCUT2D eigenvalue weighted by Crippen LogP contribution is 2.33. The Balaban J connectivity index is 1.41. The fraction of sp³-hybridized carbons (Fsp3) is 0.0800. The van der Waals surface area contributed by atoms with Crippen molar-refractivity contribution in [1.29, 1.82) is 0 Å². The van der Waals surface area contributed by atoms with Crippen LogP contribution in [-0.4, -0.2) is 31.0 Å². The molecule has 4 aromatic rings. The van der Waals surface area contributed by atoms with Gasteiger partial charge in [-0.1, -0.05) is 18.2 Å². The van der Waals surface area contributed by atoms with Gasteiger partial charge in [0, 0.05) is 27.8 Å². The maximum absolute atomic E-state index is 12.6. The van der Waals surface area contributed by atoms with E-state index in [1.807, 2.05) is 29.6 Å². The van der Waals surface area contributed by atoms with Gasteiger partial charge in [-0.3, -0.25) is 14.9 Å². The van der Waals surface area contributed by atoms with Crippen molar-refractivity contribution in [3.63, 3.8) is 0 Å². The molecule has 0 aliphatic rings. The zero-order chi connectivity index (χ0) is 23.2. The number of nitrogens with one attached hydrogen (secondary N) is 2. The Bertz CT molecular complexity index is 1270. The Labute approximate surface area is 195 Å². The number of nitrogens with zero attached hydrogens (tertiary/aromatic N) is 1. The van der Waals surface area contributed by atoms with Gasteiger partial charge in [0.1, 0.15) is 0 Å². The molecule has 3 aromatic carbocycles. The monoisotopic (exact) mass is 459 g/mol. The highest BCUT2D eigenvalue weighted by molar-refractivity contribution is 7.14. The maximum Gasteiger partial charge on any atom is 0.257 e. The first-order valence-electron chi connectivity index (χ1n) is 10.0. The smallest absolute Gasteiger partial charge is 0.257 e. The van der Waals surface area contributed by atoms with E-state index in [0.717, 1.165) is 11.3 Å². The molecular formula is C25H21N3O4S. The van der Waals surface area contributed by atoms with Gasteiger partial charge in [-0.15, -0.1) is 11.3 Å². The molecule has 0 saturated heterocycles. The molecule has 0 atom stereocenters. The van der Waals surface area contributed by atoms with E-state index in [1.54, 1.807) is 62.8 Å². The van der Waals surface area contributed by atoms with Crippen LogP contribution in [0.15, 0.2) is 78.2 Å². The Morgan fingerprint density at radius 3 is 2.15 bits per heavy atom. The van der Waals surface area contributed by atoms with E-state index in [9.17, 15) is 9.59 Å². The van der Waals surface area contributed by atoms with Crippen molar-refractivity contribution in [2.24, 2.45) is 0 Å². The van der Waals surface area contributed by atoms with Crippen molar-refractivity contribution in [2.75, 3.05) is 24.9 Å². The van der Waals surface area contributed by atoms with Crippen LogP contribution in [0, 0.1) is 0 Å². The summed E-state index contributed by atoms with van der Waals surface area (Å²) in [5, 5.41) is 7.96. The summed E-state index contributed by atoms with van der Waals surface area (Å²) >= 11 is 1.33. The van der Waals surface area contributed by atoms with Crippen LogP contribution in [0.1, 0.15) is 20.7 Å². The molecule has 166 valence electrons. The van der Waals surface area contributed by atoms with Crippen LogP contribution in [0.2, 0.25) is 0 Å². The minimum atomic E-state index is -0.288. The van der Waals surface area contributed by atoms with Crippen molar-refractivity contribution < 1.29 is 19.1 Å². The van der Waals surface area contributed by atoms with E-state index in [-0.39, 0.29) is 11.8 Å². The van der Waals surface area contributed by atoms with Crippen molar-refractivity contribution >= 4 is 34.0 Å². The highest BCUT2D eigenvalue weighted by Gasteiger charge is 2.13. The number of anilines is 2.